The van der Waals surface area contributed by atoms with E-state index >= 15 is 0 Å². The van der Waals surface area contributed by atoms with Gasteiger partial charge in [0.2, 0.25) is 15.9 Å². The predicted molar refractivity (Wildman–Crippen MR) is 88.7 cm³/mol. The van der Waals surface area contributed by atoms with Crippen molar-refractivity contribution in [3.05, 3.63) is 47.3 Å². The third kappa shape index (κ3) is 4.39. The first kappa shape index (κ1) is 17.1. The van der Waals surface area contributed by atoms with Crippen molar-refractivity contribution in [2.24, 2.45) is 0 Å². The van der Waals surface area contributed by atoms with Gasteiger partial charge < -0.3 is 4.90 Å². The van der Waals surface area contributed by atoms with Crippen molar-refractivity contribution in [3.63, 3.8) is 0 Å². The first-order valence-corrected chi connectivity index (χ1v) is 9.12. The maximum atomic E-state index is 12.0. The molecule has 2 rings (SSSR count). The number of amides is 1. The minimum Gasteiger partial charge on any atom is -0.311 e. The van der Waals surface area contributed by atoms with Crippen molar-refractivity contribution >= 4 is 33.0 Å². The zero-order valence-corrected chi connectivity index (χ0v) is 14.0. The number of sulfonamides is 1. The normalized spacial score (nSPS) is 11.0. The van der Waals surface area contributed by atoms with Crippen LogP contribution >= 0.6 is 11.3 Å². The molecule has 23 heavy (non-hydrogen) atoms. The Morgan fingerprint density at radius 1 is 1.30 bits per heavy atom. The molecule has 0 aliphatic carbocycles. The molecule has 0 fully saturated rings. The van der Waals surface area contributed by atoms with Gasteiger partial charge in [-0.1, -0.05) is 6.07 Å². The molecule has 1 aromatic carbocycles. The monoisotopic (exact) mass is 349 g/mol. The van der Waals surface area contributed by atoms with Crippen LogP contribution in [-0.4, -0.2) is 27.4 Å². The molecule has 6 nitrogen and oxygen atoms in total. The summed E-state index contributed by atoms with van der Waals surface area (Å²) in [5.74, 6) is -0.204. The number of nitrogens with zero attached hydrogens (tertiary/aromatic N) is 2. The Balaban J connectivity index is 2.03. The molecule has 0 aliphatic rings. The molecule has 1 aromatic heterocycles. The second kappa shape index (κ2) is 7.37. The number of hydrogen-bond acceptors (Lipinski definition) is 5. The molecule has 0 unspecified atom stereocenters. The largest absolute Gasteiger partial charge is 0.311 e. The van der Waals surface area contributed by atoms with Crippen LogP contribution in [0.25, 0.3) is 0 Å². The van der Waals surface area contributed by atoms with Gasteiger partial charge in [-0.2, -0.15) is 5.26 Å². The summed E-state index contributed by atoms with van der Waals surface area (Å²) in [4.78, 5) is 13.2. The third-order valence-electron chi connectivity index (χ3n) is 3.08. The Labute approximate surface area is 139 Å². The second-order valence-corrected chi connectivity index (χ2v) is 7.60. The number of nitriles is 1. The zero-order valence-electron chi connectivity index (χ0n) is 12.4. The van der Waals surface area contributed by atoms with Crippen LogP contribution in [0.2, 0.25) is 0 Å². The molecular formula is C15H15N3O3S2. The van der Waals surface area contributed by atoms with Crippen LogP contribution in [0, 0.1) is 11.3 Å². The summed E-state index contributed by atoms with van der Waals surface area (Å²) in [5.41, 5.74) is 1.11. The van der Waals surface area contributed by atoms with Crippen molar-refractivity contribution in [3.8, 4) is 6.07 Å². The van der Waals surface area contributed by atoms with Crippen LogP contribution in [0.4, 0.5) is 5.69 Å². The Morgan fingerprint density at radius 3 is 2.52 bits per heavy atom. The summed E-state index contributed by atoms with van der Waals surface area (Å²) < 4.78 is 26.8. The fourth-order valence-electron chi connectivity index (χ4n) is 1.96. The van der Waals surface area contributed by atoms with Gasteiger partial charge in [0, 0.05) is 25.7 Å². The quantitative estimate of drug-likeness (QED) is 0.863. The molecular weight excluding hydrogens is 334 g/mol. The van der Waals surface area contributed by atoms with E-state index in [2.05, 4.69) is 4.72 Å². The number of rotatable bonds is 6. The zero-order chi connectivity index (χ0) is 16.9. The highest BCUT2D eigenvalue weighted by molar-refractivity contribution is 7.91. The molecule has 0 saturated heterocycles. The Hall–Kier alpha value is -2.21. The molecule has 0 aliphatic heterocycles. The summed E-state index contributed by atoms with van der Waals surface area (Å²) in [6, 6.07) is 11.7. The standard InChI is InChI=1S/C15H15N3O3S2/c1-12(19)18(14-6-4-13(11-16)5-7-14)9-8-17-23(20,21)15-3-2-10-22-15/h2-7,10,17H,8-9H2,1H3. The van der Waals surface area contributed by atoms with Gasteiger partial charge in [0.25, 0.3) is 0 Å². The Morgan fingerprint density at radius 2 is 2.00 bits per heavy atom. The molecule has 1 N–H and O–H groups in total. The van der Waals surface area contributed by atoms with Gasteiger partial charge in [-0.25, -0.2) is 13.1 Å². The highest BCUT2D eigenvalue weighted by Crippen LogP contribution is 2.17. The van der Waals surface area contributed by atoms with Gasteiger partial charge in [-0.05, 0) is 35.7 Å². The molecule has 1 amide bonds. The number of hydrogen-bond donors (Lipinski definition) is 1. The maximum absolute atomic E-state index is 12.0. The van der Waals surface area contributed by atoms with E-state index in [0.29, 0.717) is 11.3 Å². The van der Waals surface area contributed by atoms with E-state index < -0.39 is 10.0 Å². The number of anilines is 1. The average molecular weight is 349 g/mol. The highest BCUT2D eigenvalue weighted by Gasteiger charge is 2.16. The number of carbonyl (C=O) groups is 1. The van der Waals surface area contributed by atoms with Crippen LogP contribution in [0.3, 0.4) is 0 Å². The summed E-state index contributed by atoms with van der Waals surface area (Å²) >= 11 is 1.13. The predicted octanol–water partition coefficient (Wildman–Crippen LogP) is 1.95. The fraction of sp³-hybridized carbons (Fsp3) is 0.200. The summed E-state index contributed by atoms with van der Waals surface area (Å²) in [6.45, 7) is 1.71. The summed E-state index contributed by atoms with van der Waals surface area (Å²) in [5, 5.41) is 10.5. The van der Waals surface area contributed by atoms with E-state index in [9.17, 15) is 13.2 Å². The molecule has 0 bridgehead atoms. The second-order valence-electron chi connectivity index (χ2n) is 4.66. The lowest BCUT2D eigenvalue weighted by Gasteiger charge is -2.21. The smallest absolute Gasteiger partial charge is 0.250 e. The number of thiophene rings is 1. The van der Waals surface area contributed by atoms with Crippen LogP contribution in [-0.2, 0) is 14.8 Å². The average Bonchev–Trinajstić information content (AvgIpc) is 3.07. The van der Waals surface area contributed by atoms with Crippen LogP contribution in [0.1, 0.15) is 12.5 Å². The Kier molecular flexibility index (Phi) is 5.50. The lowest BCUT2D eigenvalue weighted by molar-refractivity contribution is -0.116. The molecule has 0 saturated carbocycles. The lowest BCUT2D eigenvalue weighted by atomic mass is 10.2. The minimum absolute atomic E-state index is 0.0970. The molecule has 8 heteroatoms. The minimum atomic E-state index is -3.54. The van der Waals surface area contributed by atoms with Crippen molar-refractivity contribution in [1.82, 2.24) is 4.72 Å². The Bertz CT molecular complexity index is 807. The first-order valence-electron chi connectivity index (χ1n) is 6.75. The summed E-state index contributed by atoms with van der Waals surface area (Å²) in [6.07, 6.45) is 0. The van der Waals surface area contributed by atoms with E-state index in [0.717, 1.165) is 11.3 Å². The van der Waals surface area contributed by atoms with E-state index in [1.54, 1.807) is 35.7 Å². The van der Waals surface area contributed by atoms with E-state index in [4.69, 9.17) is 5.26 Å². The van der Waals surface area contributed by atoms with E-state index in [1.165, 1.54) is 17.9 Å². The van der Waals surface area contributed by atoms with Crippen molar-refractivity contribution in [2.75, 3.05) is 18.0 Å². The van der Waals surface area contributed by atoms with Crippen LogP contribution in [0.5, 0.6) is 0 Å². The maximum Gasteiger partial charge on any atom is 0.250 e. The topological polar surface area (TPSA) is 90.3 Å². The highest BCUT2D eigenvalue weighted by atomic mass is 32.2. The molecule has 0 atom stereocenters. The number of benzene rings is 1. The van der Waals surface area contributed by atoms with Crippen molar-refractivity contribution < 1.29 is 13.2 Å². The number of carbonyl (C=O) groups excluding carboxylic acids is 1. The first-order chi connectivity index (χ1) is 10.9. The van der Waals surface area contributed by atoms with Gasteiger partial charge >= 0.3 is 0 Å². The molecule has 120 valence electrons. The molecule has 0 spiro atoms. The van der Waals surface area contributed by atoms with Gasteiger partial charge in [0.1, 0.15) is 4.21 Å². The molecule has 2 aromatic rings. The van der Waals surface area contributed by atoms with E-state index in [1.807, 2.05) is 6.07 Å². The SMILES string of the molecule is CC(=O)N(CCNS(=O)(=O)c1cccs1)c1ccc(C#N)cc1. The molecule has 0 radical (unpaired) electrons. The van der Waals surface area contributed by atoms with Crippen molar-refractivity contribution in [1.29, 1.82) is 5.26 Å². The van der Waals surface area contributed by atoms with E-state index in [-0.39, 0.29) is 23.2 Å². The van der Waals surface area contributed by atoms with Gasteiger partial charge in [-0.3, -0.25) is 4.79 Å². The van der Waals surface area contributed by atoms with Crippen molar-refractivity contribution in [2.45, 2.75) is 11.1 Å². The molecule has 1 heterocycles. The summed E-state index contributed by atoms with van der Waals surface area (Å²) in [7, 11) is -3.54. The third-order valence-corrected chi connectivity index (χ3v) is 5.93. The van der Waals surface area contributed by atoms with Gasteiger partial charge in [-0.15, -0.1) is 11.3 Å². The van der Waals surface area contributed by atoms with Gasteiger partial charge in [0.05, 0.1) is 11.6 Å². The fourth-order valence-corrected chi connectivity index (χ4v) is 4.02. The van der Waals surface area contributed by atoms with Gasteiger partial charge in [0.15, 0.2) is 0 Å². The van der Waals surface area contributed by atoms with Crippen LogP contribution < -0.4 is 9.62 Å². The van der Waals surface area contributed by atoms with Crippen LogP contribution in [0.15, 0.2) is 46.0 Å². The lowest BCUT2D eigenvalue weighted by Crippen LogP contribution is -2.37. The number of nitrogens with one attached hydrogen (secondary N) is 1.